The Morgan fingerprint density at radius 3 is 1.07 bits per heavy atom. The number of carboxylic acids is 1. The van der Waals surface area contributed by atoms with Crippen molar-refractivity contribution in [1.29, 1.82) is 0 Å². The highest BCUT2D eigenvalue weighted by molar-refractivity contribution is 5.75. The number of carboxylic acid groups (broad SMARTS) is 1. The van der Waals surface area contributed by atoms with E-state index >= 15 is 0 Å². The van der Waals surface area contributed by atoms with E-state index in [1.165, 1.54) is 0 Å². The molecule has 0 aromatic heterocycles. The van der Waals surface area contributed by atoms with Crippen molar-refractivity contribution < 1.29 is 229 Å². The standard InChI is InChI=1S/C53H90O46/c54-2-11(63)34-25(73)26(74)42(96-46-29(77)23(71)20(68)16(7-59)86-46)50(89-34)98-44-40(94-48-31(79)27(75)39(18(9-61)88-48)93-45-28(76)22(70)19(67)15(6-58)85-45)32(80)35(12(64)3-55)90-51(44)95-41-33(81)49(91-36-10(62)1-53(84,52(82)83)99-38(36)14(66)5-57)92-37(13(65)4-56)43(41)97-47-30(78)24(72)21(69)17(8-60)87-47/h10-51,54-81,84H,1-9H2,(H,82,83)/t10-,11+,12+,13+,14-,15-,16-,17-,18-,19-,20+,21-,22+,23+,24+,25+,26+,27-,28-,29-,30-,31-,32-,33+,34-,35-,36-,37-,38-,39-,40+,41-,42+,43-,44+,45+,46+,47+,48-,49+,50-,51-,53-/m1/s1. The number of aliphatic hydroxyl groups excluding tert-OH is 28. The van der Waals surface area contributed by atoms with Crippen molar-refractivity contribution in [1.82, 2.24) is 0 Å². The molecule has 46 heteroatoms. The molecule has 8 fully saturated rings. The Bertz CT molecular complexity index is 2460. The smallest absolute Gasteiger partial charge is 0.364 e. The zero-order valence-corrected chi connectivity index (χ0v) is 51.6. The minimum absolute atomic E-state index is 1.00. The molecular formula is C53H90O46. The minimum Gasteiger partial charge on any atom is -0.477 e. The van der Waals surface area contributed by atoms with E-state index in [0.29, 0.717) is 0 Å². The molecule has 578 valence electrons. The summed E-state index contributed by atoms with van der Waals surface area (Å²) in [4.78, 5) is 12.2. The van der Waals surface area contributed by atoms with Crippen molar-refractivity contribution in [3.8, 4) is 0 Å². The number of hydrogen-bond acceptors (Lipinski definition) is 45. The second-order valence-electron chi connectivity index (χ2n) is 24.8. The number of hydrogen-bond donors (Lipinski definition) is 30. The topological polar surface area (TPSA) is 762 Å². The summed E-state index contributed by atoms with van der Waals surface area (Å²) in [6.07, 6.45) is -101. The van der Waals surface area contributed by atoms with Gasteiger partial charge in [0.2, 0.25) is 0 Å². The van der Waals surface area contributed by atoms with Crippen molar-refractivity contribution in [3.63, 3.8) is 0 Å². The van der Waals surface area contributed by atoms with Crippen LogP contribution in [0.15, 0.2) is 0 Å². The molecule has 0 bridgehead atoms. The second kappa shape index (κ2) is 35.0. The first-order valence-corrected chi connectivity index (χ1v) is 31.0. The van der Waals surface area contributed by atoms with Crippen LogP contribution in [0.5, 0.6) is 0 Å². The fourth-order valence-electron chi connectivity index (χ4n) is 12.5. The summed E-state index contributed by atoms with van der Waals surface area (Å²) < 4.78 is 87.6. The van der Waals surface area contributed by atoms with Gasteiger partial charge >= 0.3 is 5.97 Å². The van der Waals surface area contributed by atoms with Gasteiger partial charge in [0.25, 0.3) is 5.79 Å². The van der Waals surface area contributed by atoms with Crippen LogP contribution in [0.25, 0.3) is 0 Å². The third kappa shape index (κ3) is 17.1. The van der Waals surface area contributed by atoms with Crippen LogP contribution in [0.2, 0.25) is 0 Å². The molecule has 99 heavy (non-hydrogen) atoms. The molecule has 43 atom stereocenters. The molecule has 8 saturated heterocycles. The zero-order chi connectivity index (χ0) is 73.3. The van der Waals surface area contributed by atoms with Gasteiger partial charge in [-0.25, -0.2) is 4.79 Å². The van der Waals surface area contributed by atoms with E-state index in [1.807, 2.05) is 0 Å². The molecule has 8 aliphatic rings. The normalized spacial score (nSPS) is 50.7. The lowest BCUT2D eigenvalue weighted by atomic mass is 9.91. The molecule has 8 rings (SSSR count). The quantitative estimate of drug-likeness (QED) is 0.0363. The lowest BCUT2D eigenvalue weighted by molar-refractivity contribution is -0.429. The Morgan fingerprint density at radius 2 is 0.626 bits per heavy atom. The van der Waals surface area contributed by atoms with Gasteiger partial charge in [0.05, 0.1) is 59.0 Å². The molecule has 0 saturated carbocycles. The fraction of sp³-hybridized carbons (Fsp3) is 0.981. The average molecular weight is 1460 g/mol. The van der Waals surface area contributed by atoms with Gasteiger partial charge in [-0.05, 0) is 0 Å². The van der Waals surface area contributed by atoms with Crippen molar-refractivity contribution in [2.24, 2.45) is 0 Å². The third-order valence-corrected chi connectivity index (χ3v) is 18.2. The van der Waals surface area contributed by atoms with Gasteiger partial charge in [-0.1, -0.05) is 0 Å². The zero-order valence-electron chi connectivity index (χ0n) is 51.6. The van der Waals surface area contributed by atoms with Gasteiger partial charge in [-0.15, -0.1) is 0 Å². The van der Waals surface area contributed by atoms with E-state index < -0.39 is 329 Å². The monoisotopic (exact) mass is 1460 g/mol. The van der Waals surface area contributed by atoms with Gasteiger partial charge in [0.1, 0.15) is 208 Å². The molecule has 8 aliphatic heterocycles. The van der Waals surface area contributed by atoms with Crippen LogP contribution in [-0.2, 0) is 75.8 Å². The van der Waals surface area contributed by atoms with Crippen LogP contribution in [0.3, 0.4) is 0 Å². The summed E-state index contributed by atoms with van der Waals surface area (Å²) in [7, 11) is 0. The Balaban J connectivity index is 1.29. The molecule has 0 aromatic carbocycles. The Morgan fingerprint density at radius 1 is 0.313 bits per heavy atom. The van der Waals surface area contributed by atoms with Crippen molar-refractivity contribution >= 4 is 5.97 Å². The first-order valence-electron chi connectivity index (χ1n) is 31.0. The highest BCUT2D eigenvalue weighted by atomic mass is 16.8. The van der Waals surface area contributed by atoms with Gasteiger partial charge < -0.3 is 224 Å². The third-order valence-electron chi connectivity index (χ3n) is 18.2. The van der Waals surface area contributed by atoms with Gasteiger partial charge in [-0.2, -0.15) is 0 Å². The van der Waals surface area contributed by atoms with Crippen LogP contribution in [0.1, 0.15) is 6.42 Å². The maximum Gasteiger partial charge on any atom is 0.364 e. The van der Waals surface area contributed by atoms with Gasteiger partial charge in [0, 0.05) is 6.42 Å². The van der Waals surface area contributed by atoms with E-state index in [-0.39, 0.29) is 0 Å². The molecule has 0 aromatic rings. The van der Waals surface area contributed by atoms with Crippen LogP contribution < -0.4 is 0 Å². The predicted molar refractivity (Wildman–Crippen MR) is 294 cm³/mol. The summed E-state index contributed by atoms with van der Waals surface area (Å²) in [5.41, 5.74) is 0. The van der Waals surface area contributed by atoms with Crippen LogP contribution >= 0.6 is 0 Å². The van der Waals surface area contributed by atoms with E-state index in [9.17, 15) is 158 Å². The number of carbonyl (C=O) groups is 1. The number of aliphatic carboxylic acids is 1. The summed E-state index contributed by atoms with van der Waals surface area (Å²) in [5, 5.41) is 329. The van der Waals surface area contributed by atoms with Crippen molar-refractivity contribution in [2.45, 2.75) is 270 Å². The maximum absolute atomic E-state index is 12.7. The SMILES string of the molecule is O=C(O)[C@@]1(O)C[C@@H](O)[C@@H](O[C@H]2O[C@H]([C@@H](O)CO)[C@@H](O[C@@H]3O[C@H](CO)[C@@H](O)[C@H](O)[C@H]3O)[C@H](O[C@H]3O[C@H]([C@@H](O)CO)[C@@H](O)[C@H](O[C@H]4O[C@H](CO)[C@@H](O[C@@H]5O[C@H](CO)[C@@H](O)[C@H](O)[C@H]5O)[C@H](O)[C@H]4O)[C@@H]3O[C@H]3O[C@H]([C@@H](O)CO)[C@@H](O)[C@H](O)[C@@H]3O[C@@H]3O[C@H](CO)[C@H](O)[C@H](O)[C@H]3O)[C@@H]2O)[C@@H]([C@H](O)CO)O1. The molecule has 30 N–H and O–H groups in total. The molecular weight excluding hydrogens is 1370 g/mol. The van der Waals surface area contributed by atoms with Gasteiger partial charge in [0.15, 0.2) is 44.0 Å². The van der Waals surface area contributed by atoms with Crippen molar-refractivity contribution in [2.75, 3.05) is 52.9 Å². The number of ether oxygens (including phenoxy) is 15. The maximum atomic E-state index is 12.7. The molecule has 0 spiro atoms. The number of rotatable bonds is 27. The predicted octanol–water partition coefficient (Wildman–Crippen LogP) is -20.5. The Kier molecular flexibility index (Phi) is 29.1. The minimum atomic E-state index is -3.35. The molecule has 0 radical (unpaired) electrons. The van der Waals surface area contributed by atoms with Crippen LogP contribution in [0, 0.1) is 0 Å². The van der Waals surface area contributed by atoms with Crippen LogP contribution in [0.4, 0.5) is 0 Å². The molecule has 46 nitrogen and oxygen atoms in total. The second-order valence-corrected chi connectivity index (χ2v) is 24.8. The van der Waals surface area contributed by atoms with E-state index in [4.69, 9.17) is 71.1 Å². The van der Waals surface area contributed by atoms with E-state index in [1.54, 1.807) is 0 Å². The first kappa shape index (κ1) is 82.4. The lowest BCUT2D eigenvalue weighted by Crippen LogP contribution is -2.71. The Labute approximate surface area is 556 Å². The van der Waals surface area contributed by atoms with Gasteiger partial charge in [-0.3, -0.25) is 0 Å². The summed E-state index contributed by atoms with van der Waals surface area (Å²) in [6.45, 7) is -10.1. The van der Waals surface area contributed by atoms with E-state index in [2.05, 4.69) is 0 Å². The largest absolute Gasteiger partial charge is 0.477 e. The van der Waals surface area contributed by atoms with E-state index in [0.717, 1.165) is 0 Å². The molecule has 0 aliphatic carbocycles. The van der Waals surface area contributed by atoms with Crippen LogP contribution in [-0.4, -0.2) is 475 Å². The molecule has 0 amide bonds. The highest BCUT2D eigenvalue weighted by Gasteiger charge is 2.63. The number of aliphatic hydroxyl groups is 29. The average Bonchev–Trinajstić information content (AvgIpc) is 0.757. The summed E-state index contributed by atoms with van der Waals surface area (Å²) >= 11 is 0. The lowest BCUT2D eigenvalue weighted by Gasteiger charge is -2.53. The molecule has 8 heterocycles. The Hall–Kier alpha value is -2.29. The summed E-state index contributed by atoms with van der Waals surface area (Å²) in [5.74, 6) is -5.51. The molecule has 0 unspecified atom stereocenters. The first-order chi connectivity index (χ1) is 46.7. The fourth-order valence-corrected chi connectivity index (χ4v) is 12.5. The highest BCUT2D eigenvalue weighted by Crippen LogP contribution is 2.42. The summed E-state index contributed by atoms with van der Waals surface area (Å²) in [6, 6.07) is 0. The van der Waals surface area contributed by atoms with Crippen molar-refractivity contribution in [3.05, 3.63) is 0 Å².